The van der Waals surface area contributed by atoms with Crippen molar-refractivity contribution in [3.8, 4) is 5.88 Å². The van der Waals surface area contributed by atoms with E-state index < -0.39 is 0 Å². The summed E-state index contributed by atoms with van der Waals surface area (Å²) in [4.78, 5) is 4.07. The molecule has 1 rings (SSSR count). The van der Waals surface area contributed by atoms with Crippen LogP contribution in [0.4, 0.5) is 0 Å². The second-order valence-corrected chi connectivity index (χ2v) is 3.79. The lowest BCUT2D eigenvalue weighted by molar-refractivity contribution is 0.274. The molecule has 0 saturated carbocycles. The Balaban J connectivity index is 2.97. The van der Waals surface area contributed by atoms with Crippen molar-refractivity contribution in [1.29, 1.82) is 0 Å². The zero-order chi connectivity index (χ0) is 10.6. The number of methoxy groups -OCH3 is 1. The third-order valence-corrected chi connectivity index (χ3v) is 2.31. The van der Waals surface area contributed by atoms with Crippen molar-refractivity contribution in [1.82, 2.24) is 4.98 Å². The molecule has 0 bridgehead atoms. The van der Waals surface area contributed by atoms with Gasteiger partial charge in [0.15, 0.2) is 0 Å². The molecule has 14 heavy (non-hydrogen) atoms. The van der Waals surface area contributed by atoms with E-state index in [-0.39, 0.29) is 12.6 Å². The van der Waals surface area contributed by atoms with Crippen LogP contribution in [0.1, 0.15) is 18.0 Å². The Hall–Kier alpha value is -0.650. The molecule has 0 aliphatic carbocycles. The van der Waals surface area contributed by atoms with Gasteiger partial charge >= 0.3 is 0 Å². The van der Waals surface area contributed by atoms with Crippen LogP contribution in [-0.4, -0.2) is 23.8 Å². The van der Waals surface area contributed by atoms with Crippen molar-refractivity contribution in [3.63, 3.8) is 0 Å². The van der Waals surface area contributed by atoms with E-state index >= 15 is 0 Å². The van der Waals surface area contributed by atoms with E-state index in [0.29, 0.717) is 12.3 Å². The highest BCUT2D eigenvalue weighted by molar-refractivity contribution is 9.10. The van der Waals surface area contributed by atoms with Gasteiger partial charge in [-0.15, -0.1) is 0 Å². The number of nitrogens with two attached hydrogens (primary N) is 1. The summed E-state index contributed by atoms with van der Waals surface area (Å²) in [6, 6.07) is 1.60. The minimum Gasteiger partial charge on any atom is -0.481 e. The molecule has 4 nitrogen and oxygen atoms in total. The Morgan fingerprint density at radius 2 is 2.43 bits per heavy atom. The summed E-state index contributed by atoms with van der Waals surface area (Å²) in [6.45, 7) is 0.0524. The number of nitrogens with zero attached hydrogens (tertiary/aromatic N) is 1. The van der Waals surface area contributed by atoms with Gasteiger partial charge in [0.05, 0.1) is 7.11 Å². The first-order valence-corrected chi connectivity index (χ1v) is 5.04. The zero-order valence-corrected chi connectivity index (χ0v) is 9.49. The zero-order valence-electron chi connectivity index (χ0n) is 7.90. The highest BCUT2D eigenvalue weighted by Crippen LogP contribution is 2.26. The monoisotopic (exact) mass is 260 g/mol. The maximum absolute atomic E-state index is 8.78. The Bertz CT molecular complexity index is 307. The lowest BCUT2D eigenvalue weighted by Crippen LogP contribution is -2.13. The third kappa shape index (κ3) is 2.67. The van der Waals surface area contributed by atoms with Crippen molar-refractivity contribution >= 4 is 15.9 Å². The summed E-state index contributed by atoms with van der Waals surface area (Å²) in [5.74, 6) is 0.508. The van der Waals surface area contributed by atoms with Crippen LogP contribution < -0.4 is 10.5 Å². The quantitative estimate of drug-likeness (QED) is 0.855. The summed E-state index contributed by atoms with van der Waals surface area (Å²) in [7, 11) is 1.55. The smallest absolute Gasteiger partial charge is 0.217 e. The van der Waals surface area contributed by atoms with Gasteiger partial charge in [-0.1, -0.05) is 0 Å². The minimum absolute atomic E-state index is 0.0524. The van der Waals surface area contributed by atoms with Crippen LogP contribution in [0.5, 0.6) is 5.88 Å². The first-order chi connectivity index (χ1) is 6.69. The van der Waals surface area contributed by atoms with Gasteiger partial charge in [-0.3, -0.25) is 0 Å². The molecule has 1 atom stereocenters. The number of rotatable bonds is 4. The van der Waals surface area contributed by atoms with E-state index in [1.807, 2.05) is 6.07 Å². The Morgan fingerprint density at radius 1 is 1.71 bits per heavy atom. The van der Waals surface area contributed by atoms with Crippen molar-refractivity contribution in [2.75, 3.05) is 13.7 Å². The summed E-state index contributed by atoms with van der Waals surface area (Å²) < 4.78 is 5.92. The molecule has 78 valence electrons. The number of aromatic nitrogens is 1. The standard InChI is InChI=1S/C9H13BrN2O2/c1-14-9-7(8(11)2-3-13)4-6(10)5-12-9/h4-5,8,13H,2-3,11H2,1H3. The van der Waals surface area contributed by atoms with Crippen LogP contribution in [0.15, 0.2) is 16.7 Å². The van der Waals surface area contributed by atoms with E-state index in [4.69, 9.17) is 15.6 Å². The molecule has 0 spiro atoms. The average molecular weight is 261 g/mol. The van der Waals surface area contributed by atoms with Crippen LogP contribution in [0.3, 0.4) is 0 Å². The minimum atomic E-state index is -0.250. The molecule has 3 N–H and O–H groups in total. The molecular formula is C9H13BrN2O2. The van der Waals surface area contributed by atoms with Crippen molar-refractivity contribution in [2.45, 2.75) is 12.5 Å². The van der Waals surface area contributed by atoms with Gasteiger partial charge in [-0.05, 0) is 28.4 Å². The molecule has 1 aromatic heterocycles. The molecule has 0 fully saturated rings. The fourth-order valence-electron chi connectivity index (χ4n) is 1.17. The van der Waals surface area contributed by atoms with Crippen molar-refractivity contribution < 1.29 is 9.84 Å². The van der Waals surface area contributed by atoms with E-state index in [1.165, 1.54) is 0 Å². The molecule has 1 heterocycles. The van der Waals surface area contributed by atoms with Gasteiger partial charge < -0.3 is 15.6 Å². The van der Waals surface area contributed by atoms with Crippen LogP contribution in [0.2, 0.25) is 0 Å². The van der Waals surface area contributed by atoms with Crippen LogP contribution in [-0.2, 0) is 0 Å². The number of ether oxygens (including phenoxy) is 1. The second-order valence-electron chi connectivity index (χ2n) is 2.87. The lowest BCUT2D eigenvalue weighted by Gasteiger charge is -2.13. The van der Waals surface area contributed by atoms with Crippen molar-refractivity contribution in [3.05, 3.63) is 22.3 Å². The Labute approximate surface area is 91.2 Å². The molecule has 1 unspecified atom stereocenters. The topological polar surface area (TPSA) is 68.4 Å². The number of aliphatic hydroxyl groups is 1. The summed E-state index contributed by atoms with van der Waals surface area (Å²) in [6.07, 6.45) is 2.14. The van der Waals surface area contributed by atoms with Gasteiger partial charge in [-0.25, -0.2) is 4.98 Å². The number of halogens is 1. The number of aliphatic hydroxyl groups excluding tert-OH is 1. The van der Waals surface area contributed by atoms with Gasteiger partial charge in [0, 0.05) is 28.9 Å². The molecular weight excluding hydrogens is 248 g/mol. The highest BCUT2D eigenvalue weighted by Gasteiger charge is 2.12. The SMILES string of the molecule is COc1ncc(Br)cc1C(N)CCO. The summed E-state index contributed by atoms with van der Waals surface area (Å²) >= 11 is 3.31. The van der Waals surface area contributed by atoms with E-state index in [1.54, 1.807) is 13.3 Å². The predicted molar refractivity (Wildman–Crippen MR) is 57.1 cm³/mol. The number of hydrogen-bond donors (Lipinski definition) is 2. The normalized spacial score (nSPS) is 12.6. The molecule has 5 heteroatoms. The maximum Gasteiger partial charge on any atom is 0.217 e. The van der Waals surface area contributed by atoms with E-state index in [2.05, 4.69) is 20.9 Å². The molecule has 0 aliphatic heterocycles. The molecule has 0 aromatic carbocycles. The number of hydrogen-bond acceptors (Lipinski definition) is 4. The first kappa shape index (κ1) is 11.4. The molecule has 1 aromatic rings. The fraction of sp³-hybridized carbons (Fsp3) is 0.444. The molecule has 0 radical (unpaired) electrons. The highest BCUT2D eigenvalue weighted by atomic mass is 79.9. The van der Waals surface area contributed by atoms with Gasteiger partial charge in [0.2, 0.25) is 5.88 Å². The second kappa shape index (κ2) is 5.29. The number of pyridine rings is 1. The summed E-state index contributed by atoms with van der Waals surface area (Å²) in [5.41, 5.74) is 6.65. The van der Waals surface area contributed by atoms with Gasteiger partial charge in [0.1, 0.15) is 0 Å². The van der Waals surface area contributed by atoms with E-state index in [9.17, 15) is 0 Å². The third-order valence-electron chi connectivity index (χ3n) is 1.88. The largest absolute Gasteiger partial charge is 0.481 e. The van der Waals surface area contributed by atoms with Gasteiger partial charge in [0.25, 0.3) is 0 Å². The first-order valence-electron chi connectivity index (χ1n) is 4.25. The Kier molecular flexibility index (Phi) is 4.31. The maximum atomic E-state index is 8.78. The van der Waals surface area contributed by atoms with Crippen molar-refractivity contribution in [2.24, 2.45) is 5.73 Å². The molecule has 0 saturated heterocycles. The van der Waals surface area contributed by atoms with Crippen LogP contribution in [0, 0.1) is 0 Å². The van der Waals surface area contributed by atoms with Crippen LogP contribution >= 0.6 is 15.9 Å². The fourth-order valence-corrected chi connectivity index (χ4v) is 1.52. The molecule has 0 amide bonds. The Morgan fingerprint density at radius 3 is 3.00 bits per heavy atom. The summed E-state index contributed by atoms with van der Waals surface area (Å²) in [5, 5.41) is 8.78. The molecule has 0 aliphatic rings. The average Bonchev–Trinajstić information content (AvgIpc) is 2.18. The van der Waals surface area contributed by atoms with Gasteiger partial charge in [-0.2, -0.15) is 0 Å². The van der Waals surface area contributed by atoms with E-state index in [0.717, 1.165) is 10.0 Å². The lowest BCUT2D eigenvalue weighted by atomic mass is 10.1. The predicted octanol–water partition coefficient (Wildman–Crippen LogP) is 1.23. The van der Waals surface area contributed by atoms with Crippen LogP contribution in [0.25, 0.3) is 0 Å².